The molecule has 0 aromatic heterocycles. The Labute approximate surface area is 151 Å². The van der Waals surface area contributed by atoms with E-state index < -0.39 is 20.5 Å². The minimum absolute atomic E-state index is 0. The van der Waals surface area contributed by atoms with Crippen LogP contribution in [-0.4, -0.2) is 57.7 Å². The molecule has 0 spiro atoms. The van der Waals surface area contributed by atoms with Gasteiger partial charge in [0, 0.05) is 31.9 Å². The number of alkyl halides is 2. The Bertz CT molecular complexity index is 624. The summed E-state index contributed by atoms with van der Waals surface area (Å²) in [7, 11) is -4.61. The van der Waals surface area contributed by atoms with Crippen molar-refractivity contribution in [3.05, 3.63) is 24.3 Å². The zero-order chi connectivity index (χ0) is 16.2. The zero-order valence-corrected chi connectivity index (χ0v) is 15.0. The first-order chi connectivity index (χ1) is 10.4. The number of rotatable bonds is 5. The van der Waals surface area contributed by atoms with Gasteiger partial charge in [-0.2, -0.15) is 8.78 Å². The Balaban J connectivity index is 0.00000264. The summed E-state index contributed by atoms with van der Waals surface area (Å²) in [6, 6.07) is 4.71. The smallest absolute Gasteiger partial charge is 0.325 e. The summed E-state index contributed by atoms with van der Waals surface area (Å²) < 4.78 is 47.4. The number of nitrogens with one attached hydrogen (secondary N) is 2. The average Bonchev–Trinajstić information content (AvgIpc) is 2.48. The van der Waals surface area contributed by atoms with Crippen LogP contribution >= 0.6 is 24.8 Å². The summed E-state index contributed by atoms with van der Waals surface area (Å²) in [5.41, 5.74) is 0.369. The molecule has 1 saturated heterocycles. The lowest BCUT2D eigenvalue weighted by atomic mass is 10.3. The van der Waals surface area contributed by atoms with Gasteiger partial charge in [-0.05, 0) is 24.3 Å². The number of sulfone groups is 1. The monoisotopic (exact) mass is 405 g/mol. The molecule has 1 amide bonds. The molecule has 0 unspecified atom stereocenters. The van der Waals surface area contributed by atoms with Crippen LogP contribution < -0.4 is 10.6 Å². The molecule has 11 heteroatoms. The predicted octanol–water partition coefficient (Wildman–Crippen LogP) is 1.37. The van der Waals surface area contributed by atoms with Crippen molar-refractivity contribution in [2.75, 3.05) is 38.0 Å². The van der Waals surface area contributed by atoms with Crippen LogP contribution in [0.3, 0.4) is 0 Å². The first-order valence-electron chi connectivity index (χ1n) is 6.74. The van der Waals surface area contributed by atoms with Crippen LogP contribution in [-0.2, 0) is 14.6 Å². The number of amides is 1. The summed E-state index contributed by atoms with van der Waals surface area (Å²) in [4.78, 5) is 13.4. The molecule has 1 aliphatic rings. The Kier molecular flexibility index (Phi) is 9.68. The second kappa shape index (κ2) is 10.1. The van der Waals surface area contributed by atoms with Crippen molar-refractivity contribution in [2.45, 2.75) is 10.7 Å². The minimum atomic E-state index is -4.61. The van der Waals surface area contributed by atoms with Gasteiger partial charge in [-0.25, -0.2) is 8.42 Å². The number of hydrogen-bond acceptors (Lipinski definition) is 5. The molecule has 1 aliphatic heterocycles. The van der Waals surface area contributed by atoms with Gasteiger partial charge >= 0.3 is 5.76 Å². The zero-order valence-electron chi connectivity index (χ0n) is 12.6. The molecule has 0 radical (unpaired) electrons. The van der Waals surface area contributed by atoms with Crippen LogP contribution in [0.1, 0.15) is 0 Å². The molecule has 1 aromatic carbocycles. The molecular weight excluding hydrogens is 387 g/mol. The van der Waals surface area contributed by atoms with Crippen molar-refractivity contribution in [3.63, 3.8) is 0 Å². The van der Waals surface area contributed by atoms with Gasteiger partial charge in [0.1, 0.15) is 0 Å². The maximum atomic E-state index is 12.4. The lowest BCUT2D eigenvalue weighted by Gasteiger charge is -2.26. The molecule has 0 saturated carbocycles. The van der Waals surface area contributed by atoms with E-state index in [0.29, 0.717) is 5.69 Å². The summed E-state index contributed by atoms with van der Waals surface area (Å²) >= 11 is 0. The standard InChI is InChI=1S/C13H17F2N3O3S.2ClH/c14-13(15)22(20,21)11-3-1-10(2-4-11)17-12(19)9-18-7-5-16-6-8-18;;/h1-4,13,16H,5-9H2,(H,17,19);2*1H. The second-order valence-corrected chi connectivity index (χ2v) is 6.82. The molecule has 6 nitrogen and oxygen atoms in total. The van der Waals surface area contributed by atoms with E-state index in [1.165, 1.54) is 12.1 Å². The van der Waals surface area contributed by atoms with Crippen molar-refractivity contribution in [1.82, 2.24) is 10.2 Å². The van der Waals surface area contributed by atoms with E-state index >= 15 is 0 Å². The van der Waals surface area contributed by atoms with Gasteiger partial charge in [0.25, 0.3) is 0 Å². The molecule has 1 fully saturated rings. The number of nitrogens with zero attached hydrogens (tertiary/aromatic N) is 1. The van der Waals surface area contributed by atoms with E-state index in [1.54, 1.807) is 0 Å². The van der Waals surface area contributed by atoms with Crippen LogP contribution in [0.15, 0.2) is 29.2 Å². The molecule has 0 bridgehead atoms. The van der Waals surface area contributed by atoms with Gasteiger partial charge in [-0.3, -0.25) is 9.69 Å². The normalized spacial score (nSPS) is 15.3. The van der Waals surface area contributed by atoms with Gasteiger partial charge in [0.15, 0.2) is 0 Å². The maximum Gasteiger partial charge on any atom is 0.341 e. The molecule has 0 atom stereocenters. The van der Waals surface area contributed by atoms with Crippen LogP contribution in [0, 0.1) is 0 Å². The van der Waals surface area contributed by atoms with Gasteiger partial charge in [-0.1, -0.05) is 0 Å². The first kappa shape index (κ1) is 23.0. The summed E-state index contributed by atoms with van der Waals surface area (Å²) in [5, 5.41) is 5.79. The average molecular weight is 406 g/mol. The van der Waals surface area contributed by atoms with Crippen LogP contribution in [0.5, 0.6) is 0 Å². The highest BCUT2D eigenvalue weighted by Gasteiger charge is 2.26. The lowest BCUT2D eigenvalue weighted by molar-refractivity contribution is -0.117. The van der Waals surface area contributed by atoms with Crippen molar-refractivity contribution in [1.29, 1.82) is 0 Å². The number of anilines is 1. The SMILES string of the molecule is Cl.Cl.O=C(CN1CCNCC1)Nc1ccc(S(=O)(=O)C(F)F)cc1. The van der Waals surface area contributed by atoms with Crippen molar-refractivity contribution >= 4 is 46.2 Å². The molecule has 0 aliphatic carbocycles. The van der Waals surface area contributed by atoms with E-state index in [9.17, 15) is 22.0 Å². The molecule has 24 heavy (non-hydrogen) atoms. The Morgan fingerprint density at radius 2 is 1.71 bits per heavy atom. The van der Waals surface area contributed by atoms with Crippen LogP contribution in [0.4, 0.5) is 14.5 Å². The van der Waals surface area contributed by atoms with E-state index in [1.807, 2.05) is 4.90 Å². The molecule has 2 N–H and O–H groups in total. The summed E-state index contributed by atoms with van der Waals surface area (Å²) in [6.45, 7) is 3.44. The van der Waals surface area contributed by atoms with Crippen molar-refractivity contribution in [2.24, 2.45) is 0 Å². The fraction of sp³-hybridized carbons (Fsp3) is 0.462. The topological polar surface area (TPSA) is 78.5 Å². The number of benzene rings is 1. The molecule has 2 rings (SSSR count). The maximum absolute atomic E-state index is 12.4. The third kappa shape index (κ3) is 6.14. The van der Waals surface area contributed by atoms with Crippen molar-refractivity contribution < 1.29 is 22.0 Å². The number of piperazine rings is 1. The number of carbonyl (C=O) groups is 1. The van der Waals surface area contributed by atoms with Gasteiger partial charge in [0.2, 0.25) is 15.7 Å². The summed E-state index contributed by atoms with van der Waals surface area (Å²) in [5.74, 6) is -3.69. The minimum Gasteiger partial charge on any atom is -0.325 e. The van der Waals surface area contributed by atoms with Crippen LogP contribution in [0.2, 0.25) is 0 Å². The highest BCUT2D eigenvalue weighted by Crippen LogP contribution is 2.20. The molecule has 1 heterocycles. The third-order valence-electron chi connectivity index (χ3n) is 3.28. The first-order valence-corrected chi connectivity index (χ1v) is 8.29. The van der Waals surface area contributed by atoms with Crippen molar-refractivity contribution in [3.8, 4) is 0 Å². The summed E-state index contributed by atoms with van der Waals surface area (Å²) in [6.07, 6.45) is 0. The highest BCUT2D eigenvalue weighted by atomic mass is 35.5. The van der Waals surface area contributed by atoms with Crippen LogP contribution in [0.25, 0.3) is 0 Å². The molecule has 138 valence electrons. The fourth-order valence-electron chi connectivity index (χ4n) is 2.10. The number of halogens is 4. The third-order valence-corrected chi connectivity index (χ3v) is 4.68. The quantitative estimate of drug-likeness (QED) is 0.773. The Morgan fingerprint density at radius 3 is 2.21 bits per heavy atom. The Morgan fingerprint density at radius 1 is 1.17 bits per heavy atom. The fourth-order valence-corrected chi connectivity index (χ4v) is 2.82. The second-order valence-electron chi connectivity index (χ2n) is 4.90. The lowest BCUT2D eigenvalue weighted by Crippen LogP contribution is -2.46. The van der Waals surface area contributed by atoms with E-state index in [-0.39, 0.29) is 37.3 Å². The number of hydrogen-bond donors (Lipinski definition) is 2. The van der Waals surface area contributed by atoms with Gasteiger partial charge in [0.05, 0.1) is 11.4 Å². The van der Waals surface area contributed by atoms with E-state index in [2.05, 4.69) is 10.6 Å². The molecular formula is C13H19Cl2F2N3O3S. The van der Waals surface area contributed by atoms with Gasteiger partial charge in [-0.15, -0.1) is 24.8 Å². The molecule has 1 aromatic rings. The number of carbonyl (C=O) groups excluding carboxylic acids is 1. The Hall–Kier alpha value is -1.00. The van der Waals surface area contributed by atoms with E-state index in [0.717, 1.165) is 38.3 Å². The van der Waals surface area contributed by atoms with E-state index in [4.69, 9.17) is 0 Å². The highest BCUT2D eigenvalue weighted by molar-refractivity contribution is 7.91. The predicted molar refractivity (Wildman–Crippen MR) is 92.1 cm³/mol. The van der Waals surface area contributed by atoms with Gasteiger partial charge < -0.3 is 10.6 Å². The largest absolute Gasteiger partial charge is 0.341 e.